The van der Waals surface area contributed by atoms with Gasteiger partial charge in [0.15, 0.2) is 0 Å². The van der Waals surface area contributed by atoms with E-state index in [0.29, 0.717) is 5.15 Å². The minimum atomic E-state index is 0.496. The lowest BCUT2D eigenvalue weighted by Gasteiger charge is -2.06. The molecule has 0 amide bonds. The summed E-state index contributed by atoms with van der Waals surface area (Å²) < 4.78 is 0. The van der Waals surface area contributed by atoms with Gasteiger partial charge in [-0.2, -0.15) is 0 Å². The number of halogens is 1. The first-order valence-electron chi connectivity index (χ1n) is 4.07. The van der Waals surface area contributed by atoms with Crippen LogP contribution < -0.4 is 5.32 Å². The van der Waals surface area contributed by atoms with Gasteiger partial charge in [-0.15, -0.1) is 6.58 Å². The van der Waals surface area contributed by atoms with E-state index < -0.39 is 0 Å². The molecule has 13 heavy (non-hydrogen) atoms. The molecule has 0 radical (unpaired) electrons. The summed E-state index contributed by atoms with van der Waals surface area (Å²) in [6.07, 6.45) is 4.21. The van der Waals surface area contributed by atoms with Gasteiger partial charge in [0, 0.05) is 12.1 Å². The molecule has 0 atom stereocenters. The van der Waals surface area contributed by atoms with Crippen LogP contribution >= 0.6 is 11.6 Å². The van der Waals surface area contributed by atoms with E-state index >= 15 is 0 Å². The molecule has 0 unspecified atom stereocenters. The minimum absolute atomic E-state index is 0.496. The third kappa shape index (κ3) is 2.70. The molecule has 3 nitrogen and oxygen atoms in total. The smallest absolute Gasteiger partial charge is 0.137 e. The van der Waals surface area contributed by atoms with Crippen molar-refractivity contribution in [2.75, 3.05) is 11.9 Å². The van der Waals surface area contributed by atoms with Crippen molar-refractivity contribution in [1.82, 2.24) is 9.97 Å². The molecule has 1 aromatic rings. The molecular weight excluding hydrogens is 186 g/mol. The molecule has 0 aliphatic rings. The summed E-state index contributed by atoms with van der Waals surface area (Å²) in [6, 6.07) is 0. The van der Waals surface area contributed by atoms with Crippen LogP contribution in [0.1, 0.15) is 12.0 Å². The van der Waals surface area contributed by atoms with Gasteiger partial charge in [0.1, 0.15) is 17.3 Å². The summed E-state index contributed by atoms with van der Waals surface area (Å²) in [5, 5.41) is 3.64. The van der Waals surface area contributed by atoms with Gasteiger partial charge in [-0.05, 0) is 13.3 Å². The third-order valence-corrected chi connectivity index (χ3v) is 2.04. The first-order chi connectivity index (χ1) is 6.25. The van der Waals surface area contributed by atoms with Gasteiger partial charge in [0.25, 0.3) is 0 Å². The zero-order valence-electron chi connectivity index (χ0n) is 7.55. The Hall–Kier alpha value is -1.09. The van der Waals surface area contributed by atoms with E-state index in [9.17, 15) is 0 Å². The highest BCUT2D eigenvalue weighted by molar-refractivity contribution is 6.30. The van der Waals surface area contributed by atoms with Crippen LogP contribution in [0, 0.1) is 6.92 Å². The van der Waals surface area contributed by atoms with E-state index in [0.717, 1.165) is 24.3 Å². The van der Waals surface area contributed by atoms with Gasteiger partial charge < -0.3 is 5.32 Å². The van der Waals surface area contributed by atoms with Gasteiger partial charge in [0.05, 0.1) is 0 Å². The molecule has 0 aromatic carbocycles. The average molecular weight is 198 g/mol. The van der Waals surface area contributed by atoms with Crippen LogP contribution in [0.15, 0.2) is 19.0 Å². The summed E-state index contributed by atoms with van der Waals surface area (Å²) in [7, 11) is 0. The Kier molecular flexibility index (Phi) is 3.71. The average Bonchev–Trinajstić information content (AvgIpc) is 2.13. The molecule has 0 saturated carbocycles. The molecule has 1 heterocycles. The molecular formula is C9H12ClN3. The second kappa shape index (κ2) is 4.82. The number of hydrogen-bond donors (Lipinski definition) is 1. The van der Waals surface area contributed by atoms with Gasteiger partial charge in [-0.1, -0.05) is 17.7 Å². The van der Waals surface area contributed by atoms with Crippen molar-refractivity contribution in [3.63, 3.8) is 0 Å². The lowest BCUT2D eigenvalue weighted by atomic mass is 10.3. The highest BCUT2D eigenvalue weighted by Crippen LogP contribution is 2.17. The van der Waals surface area contributed by atoms with Crippen LogP contribution in [0.4, 0.5) is 5.82 Å². The van der Waals surface area contributed by atoms with Crippen LogP contribution in [0.5, 0.6) is 0 Å². The Morgan fingerprint density at radius 1 is 1.62 bits per heavy atom. The van der Waals surface area contributed by atoms with Crippen molar-refractivity contribution in [3.05, 3.63) is 29.7 Å². The normalized spacial score (nSPS) is 9.69. The van der Waals surface area contributed by atoms with Crippen molar-refractivity contribution < 1.29 is 0 Å². The van der Waals surface area contributed by atoms with E-state index in [-0.39, 0.29) is 0 Å². The molecule has 1 N–H and O–H groups in total. The van der Waals surface area contributed by atoms with Gasteiger partial charge in [-0.25, -0.2) is 9.97 Å². The van der Waals surface area contributed by atoms with Crippen LogP contribution in [-0.2, 0) is 0 Å². The first-order valence-corrected chi connectivity index (χ1v) is 4.45. The second-order valence-corrected chi connectivity index (χ2v) is 3.00. The Bertz CT molecular complexity index is 299. The van der Waals surface area contributed by atoms with Crippen molar-refractivity contribution in [3.8, 4) is 0 Å². The topological polar surface area (TPSA) is 37.8 Å². The predicted molar refractivity (Wildman–Crippen MR) is 55.1 cm³/mol. The Morgan fingerprint density at radius 2 is 2.38 bits per heavy atom. The molecule has 0 aliphatic heterocycles. The number of nitrogens with zero attached hydrogens (tertiary/aromatic N) is 2. The molecule has 0 fully saturated rings. The molecule has 70 valence electrons. The molecule has 0 aliphatic carbocycles. The molecule has 0 spiro atoms. The summed E-state index contributed by atoms with van der Waals surface area (Å²) in [6.45, 7) is 6.34. The highest BCUT2D eigenvalue weighted by atomic mass is 35.5. The maximum atomic E-state index is 5.82. The molecule has 1 rings (SSSR count). The van der Waals surface area contributed by atoms with Gasteiger partial charge in [0.2, 0.25) is 0 Å². The lowest BCUT2D eigenvalue weighted by Crippen LogP contribution is -2.04. The predicted octanol–water partition coefficient (Wildman–Crippen LogP) is 2.43. The van der Waals surface area contributed by atoms with Crippen molar-refractivity contribution >= 4 is 17.4 Å². The van der Waals surface area contributed by atoms with E-state index in [1.54, 1.807) is 0 Å². The quantitative estimate of drug-likeness (QED) is 0.458. The van der Waals surface area contributed by atoms with E-state index in [4.69, 9.17) is 11.6 Å². The number of anilines is 1. The highest BCUT2D eigenvalue weighted by Gasteiger charge is 2.02. The number of nitrogens with one attached hydrogen (secondary N) is 1. The van der Waals surface area contributed by atoms with Crippen molar-refractivity contribution in [1.29, 1.82) is 0 Å². The zero-order valence-corrected chi connectivity index (χ0v) is 8.30. The SMILES string of the molecule is C=CCCNc1ncnc(Cl)c1C. The maximum Gasteiger partial charge on any atom is 0.137 e. The Labute approximate surface area is 82.9 Å². The van der Waals surface area contributed by atoms with E-state index in [1.165, 1.54) is 6.33 Å². The lowest BCUT2D eigenvalue weighted by molar-refractivity contribution is 1.02. The fourth-order valence-electron chi connectivity index (χ4n) is 0.900. The fraction of sp³-hybridized carbons (Fsp3) is 0.333. The molecule has 4 heteroatoms. The largest absolute Gasteiger partial charge is 0.369 e. The van der Waals surface area contributed by atoms with Crippen LogP contribution in [0.2, 0.25) is 5.15 Å². The second-order valence-electron chi connectivity index (χ2n) is 2.64. The van der Waals surface area contributed by atoms with E-state index in [2.05, 4.69) is 21.9 Å². The molecule has 0 saturated heterocycles. The number of aromatic nitrogens is 2. The summed E-state index contributed by atoms with van der Waals surface area (Å²) >= 11 is 5.82. The summed E-state index contributed by atoms with van der Waals surface area (Å²) in [5.41, 5.74) is 0.883. The van der Waals surface area contributed by atoms with Crippen molar-refractivity contribution in [2.45, 2.75) is 13.3 Å². The maximum absolute atomic E-state index is 5.82. The summed E-state index contributed by atoms with van der Waals surface area (Å²) in [5.74, 6) is 0.793. The fourth-order valence-corrected chi connectivity index (χ4v) is 1.03. The van der Waals surface area contributed by atoms with E-state index in [1.807, 2.05) is 13.0 Å². The monoisotopic (exact) mass is 197 g/mol. The standard InChI is InChI=1S/C9H12ClN3/c1-3-4-5-11-9-7(2)8(10)12-6-13-9/h3,6H,1,4-5H2,2H3,(H,11,12,13). The van der Waals surface area contributed by atoms with Gasteiger partial charge in [-0.3, -0.25) is 0 Å². The van der Waals surface area contributed by atoms with Crippen LogP contribution in [0.25, 0.3) is 0 Å². The summed E-state index contributed by atoms with van der Waals surface area (Å²) in [4.78, 5) is 7.93. The number of rotatable bonds is 4. The van der Waals surface area contributed by atoms with Crippen molar-refractivity contribution in [2.24, 2.45) is 0 Å². The third-order valence-electron chi connectivity index (χ3n) is 1.66. The number of hydrogen-bond acceptors (Lipinski definition) is 3. The Balaban J connectivity index is 2.65. The minimum Gasteiger partial charge on any atom is -0.369 e. The molecule has 0 bridgehead atoms. The first kappa shape index (κ1) is 9.99. The zero-order chi connectivity index (χ0) is 9.68. The Morgan fingerprint density at radius 3 is 3.08 bits per heavy atom. The van der Waals surface area contributed by atoms with Crippen LogP contribution in [0.3, 0.4) is 0 Å². The molecule has 1 aromatic heterocycles. The van der Waals surface area contributed by atoms with Gasteiger partial charge >= 0.3 is 0 Å². The van der Waals surface area contributed by atoms with Crippen LogP contribution in [-0.4, -0.2) is 16.5 Å².